The van der Waals surface area contributed by atoms with E-state index in [4.69, 9.17) is 21.3 Å². The highest BCUT2D eigenvalue weighted by molar-refractivity contribution is 5.61. The van der Waals surface area contributed by atoms with Gasteiger partial charge in [-0.05, 0) is 0 Å². The number of H-pyrrole nitrogens is 1. The van der Waals surface area contributed by atoms with Gasteiger partial charge in [-0.15, -0.1) is 0 Å². The monoisotopic (exact) mass is 273 g/mol. The largest absolute Gasteiger partial charge is 0.394 e. The first-order chi connectivity index (χ1) is 8.93. The zero-order valence-electron chi connectivity index (χ0n) is 9.78. The van der Waals surface area contributed by atoms with Crippen LogP contribution in [0.15, 0.2) is 4.79 Å². The van der Waals surface area contributed by atoms with E-state index in [-0.39, 0.29) is 17.5 Å². The average molecular weight is 273 g/mol. The summed E-state index contributed by atoms with van der Waals surface area (Å²) in [4.78, 5) is 17.3. The highest BCUT2D eigenvalue weighted by atomic mass is 16.6. The van der Waals surface area contributed by atoms with Crippen molar-refractivity contribution in [2.24, 2.45) is 0 Å². The van der Waals surface area contributed by atoms with Crippen LogP contribution < -0.4 is 22.3 Å². The molecule has 0 spiro atoms. The lowest BCUT2D eigenvalue weighted by molar-refractivity contribution is -0.0153. The molecule has 0 radical (unpaired) electrons. The molecule has 1 aliphatic rings. The van der Waals surface area contributed by atoms with Gasteiger partial charge < -0.3 is 36.8 Å². The van der Waals surface area contributed by atoms with E-state index >= 15 is 0 Å². The molecule has 1 unspecified atom stereocenters. The number of aliphatic hydroxyl groups is 3. The second-order valence-corrected chi connectivity index (χ2v) is 4.12. The lowest BCUT2D eigenvalue weighted by atomic mass is 10.1. The minimum atomic E-state index is -1.31. The van der Waals surface area contributed by atoms with Gasteiger partial charge in [-0.1, -0.05) is 0 Å². The predicted molar refractivity (Wildman–Crippen MR) is 65.1 cm³/mol. The van der Waals surface area contributed by atoms with Crippen molar-refractivity contribution in [2.45, 2.75) is 24.5 Å². The topological polar surface area (TPSA) is 180 Å². The first-order valence-corrected chi connectivity index (χ1v) is 5.48. The number of nitrogens with zero attached hydrogens (tertiary/aromatic N) is 1. The molecule has 9 N–H and O–H groups in total. The minimum absolute atomic E-state index is 0.0731. The van der Waals surface area contributed by atoms with Crippen molar-refractivity contribution in [2.75, 3.05) is 23.4 Å². The molecule has 2 heterocycles. The van der Waals surface area contributed by atoms with Gasteiger partial charge in [0.2, 0.25) is 5.95 Å². The smallest absolute Gasteiger partial charge is 0.277 e. The molecule has 10 nitrogen and oxygen atoms in total. The van der Waals surface area contributed by atoms with Gasteiger partial charge >= 0.3 is 0 Å². The van der Waals surface area contributed by atoms with Crippen molar-refractivity contribution >= 4 is 17.5 Å². The Morgan fingerprint density at radius 2 is 2.05 bits per heavy atom. The van der Waals surface area contributed by atoms with Gasteiger partial charge in [-0.2, -0.15) is 4.98 Å². The lowest BCUT2D eigenvalue weighted by Gasteiger charge is -2.17. The van der Waals surface area contributed by atoms with E-state index in [1.54, 1.807) is 0 Å². The Balaban J connectivity index is 2.21. The number of nitrogens with two attached hydrogens (primary N) is 2. The van der Waals surface area contributed by atoms with E-state index in [1.165, 1.54) is 0 Å². The van der Waals surface area contributed by atoms with Crippen molar-refractivity contribution in [3.8, 4) is 0 Å². The van der Waals surface area contributed by atoms with Crippen LogP contribution in [0.5, 0.6) is 0 Å². The number of hydrogen-bond donors (Lipinski definition) is 7. The van der Waals surface area contributed by atoms with Crippen molar-refractivity contribution < 1.29 is 20.1 Å². The summed E-state index contributed by atoms with van der Waals surface area (Å²) in [5.74, 6) is -0.232. The lowest BCUT2D eigenvalue weighted by Crippen LogP contribution is -2.37. The summed E-state index contributed by atoms with van der Waals surface area (Å²) in [5.41, 5.74) is 10.00. The third-order valence-corrected chi connectivity index (χ3v) is 2.79. The number of ether oxygens (including phenoxy) is 1. The van der Waals surface area contributed by atoms with Crippen LogP contribution in [0, 0.1) is 0 Å². The van der Waals surface area contributed by atoms with Gasteiger partial charge in [-0.25, -0.2) is 0 Å². The molecule has 0 aromatic carbocycles. The SMILES string of the molecule is Nc1nc(NC2O[C@H](CO)[C@@H](O)[C@H]2O)c(N)c(=O)[nH]1. The molecule has 4 atom stereocenters. The third-order valence-electron chi connectivity index (χ3n) is 2.79. The van der Waals surface area contributed by atoms with Gasteiger partial charge in [0.05, 0.1) is 6.61 Å². The fourth-order valence-corrected chi connectivity index (χ4v) is 1.76. The molecule has 1 aromatic heterocycles. The normalized spacial score (nSPS) is 30.5. The molecule has 0 aliphatic carbocycles. The highest BCUT2D eigenvalue weighted by Gasteiger charge is 2.42. The number of nitrogen functional groups attached to an aromatic ring is 2. The molecule has 0 amide bonds. The molecule has 0 bridgehead atoms. The Bertz CT molecular complexity index is 520. The van der Waals surface area contributed by atoms with E-state index in [0.29, 0.717) is 0 Å². The molecule has 1 saturated heterocycles. The average Bonchev–Trinajstić information content (AvgIpc) is 2.63. The molecule has 0 saturated carbocycles. The number of anilines is 3. The third kappa shape index (κ3) is 2.46. The van der Waals surface area contributed by atoms with Crippen LogP contribution in [-0.2, 0) is 4.74 Å². The second-order valence-electron chi connectivity index (χ2n) is 4.12. The van der Waals surface area contributed by atoms with Gasteiger partial charge in [-0.3, -0.25) is 9.78 Å². The zero-order chi connectivity index (χ0) is 14.2. The first-order valence-electron chi connectivity index (χ1n) is 5.48. The standard InChI is InChI=1S/C9H15N5O5/c10-3-6(13-9(11)14-7(3)18)12-8-5(17)4(16)2(1-15)19-8/h2,4-5,8,15-17H,1,10H2,(H4,11,12,13,14,18)/t2-,4-,5-,8?/m1/s1. The molecular formula is C9H15N5O5. The van der Waals surface area contributed by atoms with E-state index in [0.717, 1.165) is 0 Å². The molecule has 10 heteroatoms. The molecular weight excluding hydrogens is 258 g/mol. The summed E-state index contributed by atoms with van der Waals surface area (Å²) < 4.78 is 5.16. The van der Waals surface area contributed by atoms with E-state index < -0.39 is 36.7 Å². The van der Waals surface area contributed by atoms with Crippen LogP contribution in [0.3, 0.4) is 0 Å². The van der Waals surface area contributed by atoms with E-state index in [2.05, 4.69) is 15.3 Å². The van der Waals surface area contributed by atoms with Crippen LogP contribution in [0.2, 0.25) is 0 Å². The van der Waals surface area contributed by atoms with Crippen LogP contribution >= 0.6 is 0 Å². The maximum atomic E-state index is 11.4. The highest BCUT2D eigenvalue weighted by Crippen LogP contribution is 2.23. The Morgan fingerprint density at radius 3 is 2.63 bits per heavy atom. The molecule has 106 valence electrons. The van der Waals surface area contributed by atoms with E-state index in [9.17, 15) is 15.0 Å². The fraction of sp³-hybridized carbons (Fsp3) is 0.556. The van der Waals surface area contributed by atoms with Crippen LogP contribution in [-0.4, -0.2) is 56.4 Å². The predicted octanol–water partition coefficient (Wildman–Crippen LogP) is -3.21. The van der Waals surface area contributed by atoms with Gasteiger partial charge in [0.1, 0.15) is 24.0 Å². The molecule has 1 fully saturated rings. The summed E-state index contributed by atoms with van der Waals surface area (Å²) in [7, 11) is 0. The summed E-state index contributed by atoms with van der Waals surface area (Å²) in [6.07, 6.45) is -4.57. The van der Waals surface area contributed by atoms with Crippen LogP contribution in [0.1, 0.15) is 0 Å². The summed E-state index contributed by atoms with van der Waals surface area (Å²) >= 11 is 0. The fourth-order valence-electron chi connectivity index (χ4n) is 1.76. The van der Waals surface area contributed by atoms with Gasteiger partial charge in [0.15, 0.2) is 12.0 Å². The van der Waals surface area contributed by atoms with Crippen molar-refractivity contribution in [1.29, 1.82) is 0 Å². The number of aromatic nitrogens is 2. The van der Waals surface area contributed by atoms with Gasteiger partial charge in [0.25, 0.3) is 5.56 Å². The number of hydrogen-bond acceptors (Lipinski definition) is 9. The maximum Gasteiger partial charge on any atom is 0.277 e. The van der Waals surface area contributed by atoms with E-state index in [1.807, 2.05) is 0 Å². The second kappa shape index (κ2) is 5.01. The number of aromatic amines is 1. The number of aliphatic hydroxyl groups excluding tert-OH is 3. The quantitative estimate of drug-likeness (QED) is 0.298. The van der Waals surface area contributed by atoms with Crippen molar-refractivity contribution in [3.63, 3.8) is 0 Å². The van der Waals surface area contributed by atoms with Crippen molar-refractivity contribution in [3.05, 3.63) is 10.4 Å². The van der Waals surface area contributed by atoms with Crippen molar-refractivity contribution in [1.82, 2.24) is 9.97 Å². The summed E-state index contributed by atoms with van der Waals surface area (Å²) in [6, 6.07) is 0. The Kier molecular flexibility index (Phi) is 3.57. The molecule has 2 rings (SSSR count). The maximum absolute atomic E-state index is 11.4. The Hall–Kier alpha value is -1.88. The first kappa shape index (κ1) is 13.5. The van der Waals surface area contributed by atoms with Crippen LogP contribution in [0.4, 0.5) is 17.5 Å². The minimum Gasteiger partial charge on any atom is -0.394 e. The number of nitrogens with one attached hydrogen (secondary N) is 2. The molecule has 19 heavy (non-hydrogen) atoms. The van der Waals surface area contributed by atoms with Crippen LogP contribution in [0.25, 0.3) is 0 Å². The summed E-state index contributed by atoms with van der Waals surface area (Å²) in [5, 5.41) is 30.8. The number of rotatable bonds is 3. The molecule has 1 aliphatic heterocycles. The van der Waals surface area contributed by atoms with Gasteiger partial charge in [0, 0.05) is 0 Å². The molecule has 1 aromatic rings. The Labute approximate surface area is 107 Å². The Morgan fingerprint density at radius 1 is 1.37 bits per heavy atom. The summed E-state index contributed by atoms with van der Waals surface area (Å²) in [6.45, 7) is -0.461. The zero-order valence-corrected chi connectivity index (χ0v) is 9.78.